The molecule has 0 bridgehead atoms. The predicted molar refractivity (Wildman–Crippen MR) is 70.1 cm³/mol. The second-order valence-electron chi connectivity index (χ2n) is 3.49. The maximum Gasteiger partial charge on any atom is 0.311 e. The number of anilines is 1. The fourth-order valence-electron chi connectivity index (χ4n) is 1.50. The van der Waals surface area contributed by atoms with Gasteiger partial charge in [-0.3, -0.25) is 10.1 Å². The van der Waals surface area contributed by atoms with E-state index in [1.807, 2.05) is 0 Å². The Labute approximate surface area is 110 Å². The van der Waals surface area contributed by atoms with Gasteiger partial charge in [-0.2, -0.15) is 0 Å². The van der Waals surface area contributed by atoms with Crippen LogP contribution in [0, 0.1) is 10.1 Å². The van der Waals surface area contributed by atoms with E-state index >= 15 is 0 Å². The third kappa shape index (κ3) is 2.00. The largest absolute Gasteiger partial charge is 0.507 e. The van der Waals surface area contributed by atoms with Crippen molar-refractivity contribution in [3.63, 3.8) is 0 Å². The number of para-hydroxylation sites is 1. The molecule has 3 N–H and O–H groups in total. The monoisotopic (exact) mass is 309 g/mol. The summed E-state index contributed by atoms with van der Waals surface area (Å²) in [5.74, 6) is 0.0268. The average Bonchev–Trinajstić information content (AvgIpc) is 2.33. The van der Waals surface area contributed by atoms with Crippen molar-refractivity contribution in [1.82, 2.24) is 4.98 Å². The summed E-state index contributed by atoms with van der Waals surface area (Å²) in [6.45, 7) is 0. The second-order valence-corrected chi connectivity index (χ2v) is 4.29. The summed E-state index contributed by atoms with van der Waals surface area (Å²) in [5, 5.41) is 20.4. The fraction of sp³-hybridized carbons (Fsp3) is 0. The fourth-order valence-corrected chi connectivity index (χ4v) is 2.02. The first-order chi connectivity index (χ1) is 8.52. The van der Waals surface area contributed by atoms with Crippen LogP contribution in [0.5, 0.6) is 5.75 Å². The highest BCUT2D eigenvalue weighted by atomic mass is 79.9. The van der Waals surface area contributed by atoms with Crippen molar-refractivity contribution in [1.29, 1.82) is 0 Å². The maximum atomic E-state index is 10.7. The Morgan fingerprint density at radius 2 is 2.06 bits per heavy atom. The van der Waals surface area contributed by atoms with Gasteiger partial charge in [-0.05, 0) is 28.1 Å². The summed E-state index contributed by atoms with van der Waals surface area (Å²) in [6.07, 6.45) is 1.07. The highest BCUT2D eigenvalue weighted by Gasteiger charge is 2.20. The molecule has 7 heteroatoms. The number of benzene rings is 1. The molecule has 1 aromatic carbocycles. The van der Waals surface area contributed by atoms with E-state index < -0.39 is 4.92 Å². The summed E-state index contributed by atoms with van der Waals surface area (Å²) >= 11 is 3.17. The van der Waals surface area contributed by atoms with E-state index in [1.165, 1.54) is 6.07 Å². The molecular formula is C11H8BrN3O3. The first-order valence-electron chi connectivity index (χ1n) is 4.89. The number of nitrogens with zero attached hydrogens (tertiary/aromatic N) is 2. The Balaban J connectivity index is 2.65. The number of rotatable bonds is 2. The van der Waals surface area contributed by atoms with Crippen molar-refractivity contribution in [2.75, 3.05) is 5.73 Å². The number of nitro groups is 1. The molecule has 0 unspecified atom stereocenters. The molecule has 2 rings (SSSR count). The number of halogens is 1. The van der Waals surface area contributed by atoms with E-state index in [0.29, 0.717) is 15.7 Å². The molecule has 0 amide bonds. The number of nitrogen functional groups attached to an aromatic ring is 1. The van der Waals surface area contributed by atoms with Crippen LogP contribution in [0.1, 0.15) is 0 Å². The minimum atomic E-state index is -0.609. The normalized spacial score (nSPS) is 10.3. The van der Waals surface area contributed by atoms with Gasteiger partial charge in [-0.1, -0.05) is 12.1 Å². The Kier molecular flexibility index (Phi) is 3.15. The van der Waals surface area contributed by atoms with Crippen molar-refractivity contribution in [3.05, 3.63) is 45.0 Å². The Bertz CT molecular complexity index is 631. The lowest BCUT2D eigenvalue weighted by atomic mass is 10.1. The van der Waals surface area contributed by atoms with Crippen molar-refractivity contribution in [2.24, 2.45) is 0 Å². The minimum absolute atomic E-state index is 0.0201. The number of phenolic OH excluding ortho intramolecular Hbond substituents is 1. The van der Waals surface area contributed by atoms with Crippen LogP contribution >= 0.6 is 15.9 Å². The standard InChI is InChI=1S/C11H8BrN3O3/c12-9-10(13)7(15(17)18)5-14-11(9)6-3-1-2-4-8(6)16/h1-5,16H,(H2,13,14). The molecule has 92 valence electrons. The number of aromatic nitrogens is 1. The van der Waals surface area contributed by atoms with Gasteiger partial charge >= 0.3 is 5.69 Å². The summed E-state index contributed by atoms with van der Waals surface area (Å²) in [5.41, 5.74) is 6.17. The van der Waals surface area contributed by atoms with E-state index in [2.05, 4.69) is 20.9 Å². The third-order valence-corrected chi connectivity index (χ3v) is 3.19. The Morgan fingerprint density at radius 3 is 2.67 bits per heavy atom. The first-order valence-corrected chi connectivity index (χ1v) is 5.68. The molecule has 0 aliphatic carbocycles. The highest BCUT2D eigenvalue weighted by molar-refractivity contribution is 9.10. The molecule has 0 fully saturated rings. The van der Waals surface area contributed by atoms with Gasteiger partial charge in [0.25, 0.3) is 0 Å². The maximum absolute atomic E-state index is 10.7. The van der Waals surface area contributed by atoms with Gasteiger partial charge < -0.3 is 10.8 Å². The molecule has 0 aliphatic heterocycles. The zero-order valence-corrected chi connectivity index (χ0v) is 10.6. The molecule has 0 saturated heterocycles. The van der Waals surface area contributed by atoms with Gasteiger partial charge in [0.15, 0.2) is 0 Å². The van der Waals surface area contributed by atoms with Gasteiger partial charge in [0, 0.05) is 5.56 Å². The lowest BCUT2D eigenvalue weighted by Crippen LogP contribution is -1.99. The van der Waals surface area contributed by atoms with Gasteiger partial charge in [0.05, 0.1) is 15.1 Å². The summed E-state index contributed by atoms with van der Waals surface area (Å²) in [6, 6.07) is 6.54. The van der Waals surface area contributed by atoms with Crippen molar-refractivity contribution >= 4 is 27.3 Å². The minimum Gasteiger partial charge on any atom is -0.507 e. The zero-order chi connectivity index (χ0) is 13.3. The molecular weight excluding hydrogens is 302 g/mol. The smallest absolute Gasteiger partial charge is 0.311 e. The molecule has 0 saturated carbocycles. The molecule has 0 spiro atoms. The van der Waals surface area contributed by atoms with E-state index in [1.54, 1.807) is 18.2 Å². The van der Waals surface area contributed by atoms with Crippen LogP contribution in [-0.4, -0.2) is 15.0 Å². The molecule has 0 radical (unpaired) electrons. The zero-order valence-electron chi connectivity index (χ0n) is 9.00. The second kappa shape index (κ2) is 4.61. The molecule has 1 aromatic heterocycles. The van der Waals surface area contributed by atoms with Crippen molar-refractivity contribution in [3.8, 4) is 17.0 Å². The molecule has 2 aromatic rings. The number of hydrogen-bond acceptors (Lipinski definition) is 5. The van der Waals surface area contributed by atoms with E-state index in [9.17, 15) is 15.2 Å². The molecule has 1 heterocycles. The van der Waals surface area contributed by atoms with Crippen LogP contribution in [0.3, 0.4) is 0 Å². The Hall–Kier alpha value is -2.15. The number of nitrogens with two attached hydrogens (primary N) is 1. The van der Waals surface area contributed by atoms with Crippen LogP contribution in [0.15, 0.2) is 34.9 Å². The highest BCUT2D eigenvalue weighted by Crippen LogP contribution is 2.38. The topological polar surface area (TPSA) is 102 Å². The van der Waals surface area contributed by atoms with Gasteiger partial charge in [-0.25, -0.2) is 4.98 Å². The van der Waals surface area contributed by atoms with E-state index in [4.69, 9.17) is 5.73 Å². The lowest BCUT2D eigenvalue weighted by Gasteiger charge is -2.08. The lowest BCUT2D eigenvalue weighted by molar-refractivity contribution is -0.384. The molecule has 6 nitrogen and oxygen atoms in total. The average molecular weight is 310 g/mol. The van der Waals surface area contributed by atoms with Crippen LogP contribution in [-0.2, 0) is 0 Å². The van der Waals surface area contributed by atoms with Crippen molar-refractivity contribution < 1.29 is 10.0 Å². The quantitative estimate of drug-likeness (QED) is 0.656. The van der Waals surface area contributed by atoms with Crippen LogP contribution in [0.4, 0.5) is 11.4 Å². The van der Waals surface area contributed by atoms with E-state index in [0.717, 1.165) is 6.20 Å². The van der Waals surface area contributed by atoms with Crippen LogP contribution in [0.25, 0.3) is 11.3 Å². The van der Waals surface area contributed by atoms with Crippen LogP contribution in [0.2, 0.25) is 0 Å². The van der Waals surface area contributed by atoms with Gasteiger partial charge in [-0.15, -0.1) is 0 Å². The number of phenols is 1. The van der Waals surface area contributed by atoms with E-state index in [-0.39, 0.29) is 17.1 Å². The summed E-state index contributed by atoms with van der Waals surface area (Å²) < 4.78 is 0.290. The predicted octanol–water partition coefficient (Wildman–Crippen LogP) is 2.71. The SMILES string of the molecule is Nc1c([N+](=O)[O-])cnc(-c2ccccc2O)c1Br. The summed E-state index contributed by atoms with van der Waals surface area (Å²) in [4.78, 5) is 14.1. The number of hydrogen-bond donors (Lipinski definition) is 2. The summed E-state index contributed by atoms with van der Waals surface area (Å²) in [7, 11) is 0. The Morgan fingerprint density at radius 1 is 1.39 bits per heavy atom. The molecule has 0 aliphatic rings. The van der Waals surface area contributed by atoms with Crippen molar-refractivity contribution in [2.45, 2.75) is 0 Å². The van der Waals surface area contributed by atoms with Gasteiger partial charge in [0.2, 0.25) is 0 Å². The number of pyridine rings is 1. The molecule has 0 atom stereocenters. The first kappa shape index (κ1) is 12.3. The number of aromatic hydroxyl groups is 1. The molecule has 18 heavy (non-hydrogen) atoms. The third-order valence-electron chi connectivity index (χ3n) is 2.39. The van der Waals surface area contributed by atoms with Crippen LogP contribution < -0.4 is 5.73 Å². The van der Waals surface area contributed by atoms with Gasteiger partial charge in [0.1, 0.15) is 17.6 Å².